The second-order valence-corrected chi connectivity index (χ2v) is 9.12. The fraction of sp³-hybridized carbons (Fsp3) is 0.409. The minimum Gasteiger partial charge on any atom is -0.484 e. The van der Waals surface area contributed by atoms with Crippen molar-refractivity contribution in [1.29, 1.82) is 0 Å². The number of benzene rings is 2. The molecule has 1 amide bonds. The zero-order valence-electron chi connectivity index (χ0n) is 17.6. The lowest BCUT2D eigenvalue weighted by molar-refractivity contribution is -0.133. The Bertz CT molecular complexity index is 957. The van der Waals surface area contributed by atoms with Crippen molar-refractivity contribution in [2.24, 2.45) is 0 Å². The molecule has 0 spiro atoms. The van der Waals surface area contributed by atoms with Gasteiger partial charge in [0, 0.05) is 38.4 Å². The van der Waals surface area contributed by atoms with Crippen molar-refractivity contribution in [2.45, 2.75) is 24.7 Å². The SMILES string of the molecule is CCCCNS(=O)(=O)c1ccc(OCC(=O)N2CCN(c3ccc(F)cc3)CC2)cc1. The highest BCUT2D eigenvalue weighted by atomic mass is 32.2. The third kappa shape index (κ3) is 6.41. The van der Waals surface area contributed by atoms with Crippen LogP contribution in [-0.2, 0) is 14.8 Å². The zero-order chi connectivity index (χ0) is 22.3. The smallest absolute Gasteiger partial charge is 0.260 e. The van der Waals surface area contributed by atoms with E-state index in [-0.39, 0.29) is 23.2 Å². The first kappa shape index (κ1) is 23.0. The van der Waals surface area contributed by atoms with Crippen LogP contribution >= 0.6 is 0 Å². The highest BCUT2D eigenvalue weighted by Crippen LogP contribution is 2.18. The molecule has 2 aromatic rings. The lowest BCUT2D eigenvalue weighted by Gasteiger charge is -2.36. The number of amides is 1. The molecule has 1 aliphatic rings. The molecule has 0 atom stereocenters. The van der Waals surface area contributed by atoms with E-state index < -0.39 is 10.0 Å². The molecule has 1 heterocycles. The number of rotatable bonds is 9. The molecule has 0 aromatic heterocycles. The molecule has 1 N–H and O–H groups in total. The fourth-order valence-corrected chi connectivity index (χ4v) is 4.36. The first-order valence-corrected chi connectivity index (χ1v) is 11.9. The van der Waals surface area contributed by atoms with Crippen LogP contribution in [0.2, 0.25) is 0 Å². The highest BCUT2D eigenvalue weighted by Gasteiger charge is 2.22. The number of anilines is 1. The molecule has 1 aliphatic heterocycles. The number of hydrogen-bond donors (Lipinski definition) is 1. The van der Waals surface area contributed by atoms with Crippen LogP contribution in [0.25, 0.3) is 0 Å². The van der Waals surface area contributed by atoms with Crippen LogP contribution in [0.4, 0.5) is 10.1 Å². The summed E-state index contributed by atoms with van der Waals surface area (Å²) in [5, 5.41) is 0. The van der Waals surface area contributed by atoms with Crippen molar-refractivity contribution in [3.63, 3.8) is 0 Å². The van der Waals surface area contributed by atoms with Gasteiger partial charge in [0.25, 0.3) is 5.91 Å². The van der Waals surface area contributed by atoms with Gasteiger partial charge in [-0.05, 0) is 55.0 Å². The first-order valence-electron chi connectivity index (χ1n) is 10.4. The molecule has 0 bridgehead atoms. The second kappa shape index (κ2) is 10.6. The summed E-state index contributed by atoms with van der Waals surface area (Å²) in [5.74, 6) is 0.0376. The highest BCUT2D eigenvalue weighted by molar-refractivity contribution is 7.89. The van der Waals surface area contributed by atoms with E-state index in [1.165, 1.54) is 24.3 Å². The van der Waals surface area contributed by atoms with E-state index in [9.17, 15) is 17.6 Å². The molecule has 0 unspecified atom stereocenters. The van der Waals surface area contributed by atoms with E-state index in [0.29, 0.717) is 38.5 Å². The number of sulfonamides is 1. The molecule has 0 saturated carbocycles. The quantitative estimate of drug-likeness (QED) is 0.596. The number of piperazine rings is 1. The summed E-state index contributed by atoms with van der Waals surface area (Å²) in [7, 11) is -3.53. The normalized spacial score (nSPS) is 14.5. The van der Waals surface area contributed by atoms with Gasteiger partial charge in [-0.2, -0.15) is 0 Å². The van der Waals surface area contributed by atoms with Crippen molar-refractivity contribution >= 4 is 21.6 Å². The average Bonchev–Trinajstić information content (AvgIpc) is 2.78. The standard InChI is InChI=1S/C22H28FN3O4S/c1-2-3-12-24-31(28,29)21-10-8-20(9-11-21)30-17-22(27)26-15-13-25(14-16-26)19-6-4-18(23)5-7-19/h4-11,24H,2-3,12-17H2,1H3. The number of nitrogens with one attached hydrogen (secondary N) is 1. The van der Waals surface area contributed by atoms with E-state index >= 15 is 0 Å². The maximum absolute atomic E-state index is 13.1. The largest absolute Gasteiger partial charge is 0.484 e. The van der Waals surface area contributed by atoms with Gasteiger partial charge in [0.05, 0.1) is 4.90 Å². The molecular formula is C22H28FN3O4S. The predicted octanol–water partition coefficient (Wildman–Crippen LogP) is 2.63. The van der Waals surface area contributed by atoms with Crippen molar-refractivity contribution in [3.05, 3.63) is 54.3 Å². The van der Waals surface area contributed by atoms with Crippen LogP contribution in [0.3, 0.4) is 0 Å². The first-order chi connectivity index (χ1) is 14.9. The van der Waals surface area contributed by atoms with Crippen LogP contribution < -0.4 is 14.4 Å². The topological polar surface area (TPSA) is 78.9 Å². The summed E-state index contributed by atoms with van der Waals surface area (Å²) in [6, 6.07) is 12.4. The molecule has 7 nitrogen and oxygen atoms in total. The Morgan fingerprint density at radius 2 is 1.68 bits per heavy atom. The van der Waals surface area contributed by atoms with E-state index in [1.807, 2.05) is 6.92 Å². The number of unbranched alkanes of at least 4 members (excludes halogenated alkanes) is 1. The number of carbonyl (C=O) groups is 1. The summed E-state index contributed by atoms with van der Waals surface area (Å²) in [6.45, 7) is 4.72. The monoisotopic (exact) mass is 449 g/mol. The summed E-state index contributed by atoms with van der Waals surface area (Å²) < 4.78 is 45.6. The number of nitrogens with zero attached hydrogens (tertiary/aromatic N) is 2. The zero-order valence-corrected chi connectivity index (χ0v) is 18.4. The van der Waals surface area contributed by atoms with E-state index in [1.54, 1.807) is 29.2 Å². The molecular weight excluding hydrogens is 421 g/mol. The van der Waals surface area contributed by atoms with Gasteiger partial charge in [-0.25, -0.2) is 17.5 Å². The Balaban J connectivity index is 1.46. The third-order valence-electron chi connectivity index (χ3n) is 5.14. The fourth-order valence-electron chi connectivity index (χ4n) is 3.28. The number of ether oxygens (including phenoxy) is 1. The lowest BCUT2D eigenvalue weighted by atomic mass is 10.2. The molecule has 3 rings (SSSR count). The van der Waals surface area contributed by atoms with E-state index in [0.717, 1.165) is 18.5 Å². The van der Waals surface area contributed by atoms with Gasteiger partial charge in [0.15, 0.2) is 6.61 Å². The van der Waals surface area contributed by atoms with Crippen LogP contribution in [0.1, 0.15) is 19.8 Å². The average molecular weight is 450 g/mol. The van der Waals surface area contributed by atoms with Crippen LogP contribution in [0, 0.1) is 5.82 Å². The van der Waals surface area contributed by atoms with Crippen molar-refractivity contribution < 1.29 is 22.3 Å². The van der Waals surface area contributed by atoms with Gasteiger partial charge in [-0.3, -0.25) is 4.79 Å². The van der Waals surface area contributed by atoms with Gasteiger partial charge in [-0.15, -0.1) is 0 Å². The lowest BCUT2D eigenvalue weighted by Crippen LogP contribution is -2.50. The Hall–Kier alpha value is -2.65. The number of hydrogen-bond acceptors (Lipinski definition) is 5. The molecule has 0 radical (unpaired) electrons. The minimum atomic E-state index is -3.53. The van der Waals surface area contributed by atoms with Crippen LogP contribution in [-0.4, -0.2) is 58.6 Å². The van der Waals surface area contributed by atoms with Crippen molar-refractivity contribution in [3.8, 4) is 5.75 Å². The maximum Gasteiger partial charge on any atom is 0.260 e. The molecule has 1 saturated heterocycles. The molecule has 1 fully saturated rings. The summed E-state index contributed by atoms with van der Waals surface area (Å²) in [6.07, 6.45) is 1.69. The van der Waals surface area contributed by atoms with Gasteiger partial charge >= 0.3 is 0 Å². The van der Waals surface area contributed by atoms with Crippen LogP contribution in [0.5, 0.6) is 5.75 Å². The van der Waals surface area contributed by atoms with Gasteiger partial charge < -0.3 is 14.5 Å². The van der Waals surface area contributed by atoms with Gasteiger partial charge in [-0.1, -0.05) is 13.3 Å². The molecule has 2 aromatic carbocycles. The molecule has 31 heavy (non-hydrogen) atoms. The maximum atomic E-state index is 13.1. The van der Waals surface area contributed by atoms with E-state index in [4.69, 9.17) is 4.74 Å². The molecule has 168 valence electrons. The van der Waals surface area contributed by atoms with Gasteiger partial charge in [0.2, 0.25) is 10.0 Å². The van der Waals surface area contributed by atoms with Gasteiger partial charge in [0.1, 0.15) is 11.6 Å². The number of carbonyl (C=O) groups excluding carboxylic acids is 1. The summed E-state index contributed by atoms with van der Waals surface area (Å²) in [4.78, 5) is 16.5. The third-order valence-corrected chi connectivity index (χ3v) is 6.62. The van der Waals surface area contributed by atoms with Crippen molar-refractivity contribution in [1.82, 2.24) is 9.62 Å². The van der Waals surface area contributed by atoms with E-state index in [2.05, 4.69) is 9.62 Å². The minimum absolute atomic E-state index is 0.114. The summed E-state index contributed by atoms with van der Waals surface area (Å²) >= 11 is 0. The second-order valence-electron chi connectivity index (χ2n) is 7.36. The Morgan fingerprint density at radius 1 is 1.03 bits per heavy atom. The summed E-state index contributed by atoms with van der Waals surface area (Å²) in [5.41, 5.74) is 0.934. The molecule has 0 aliphatic carbocycles. The Labute approximate surface area is 182 Å². The van der Waals surface area contributed by atoms with Crippen LogP contribution in [0.15, 0.2) is 53.4 Å². The predicted molar refractivity (Wildman–Crippen MR) is 117 cm³/mol. The molecule has 9 heteroatoms. The Morgan fingerprint density at radius 3 is 2.29 bits per heavy atom. The van der Waals surface area contributed by atoms with Crippen molar-refractivity contribution in [2.75, 3.05) is 44.2 Å². The Kier molecular flexibility index (Phi) is 7.86. The number of halogens is 1.